The average Bonchev–Trinajstić information content (AvgIpc) is 3.48. The van der Waals surface area contributed by atoms with Gasteiger partial charge >= 0.3 is 0 Å². The fourth-order valence-corrected chi connectivity index (χ4v) is 3.16. The van der Waals surface area contributed by atoms with Crippen LogP contribution in [0.25, 0.3) is 0 Å². The van der Waals surface area contributed by atoms with E-state index in [1.54, 1.807) is 13.8 Å². The van der Waals surface area contributed by atoms with Crippen LogP contribution < -0.4 is 16.4 Å². The maximum Gasteiger partial charge on any atom is 0.287 e. The van der Waals surface area contributed by atoms with E-state index < -0.39 is 29.7 Å². The van der Waals surface area contributed by atoms with Gasteiger partial charge in [0.2, 0.25) is 23.5 Å². The third-order valence-corrected chi connectivity index (χ3v) is 4.96. The van der Waals surface area contributed by atoms with Crippen LogP contribution in [0.1, 0.15) is 101 Å². The van der Waals surface area contributed by atoms with Gasteiger partial charge in [0.15, 0.2) is 0 Å². The molecule has 0 spiro atoms. The van der Waals surface area contributed by atoms with E-state index >= 15 is 0 Å². The fourth-order valence-electron chi connectivity index (χ4n) is 3.16. The van der Waals surface area contributed by atoms with Gasteiger partial charge in [0.25, 0.3) is 5.91 Å². The van der Waals surface area contributed by atoms with Gasteiger partial charge in [0.05, 0.1) is 12.6 Å². The van der Waals surface area contributed by atoms with Crippen LogP contribution in [0.5, 0.6) is 0 Å². The van der Waals surface area contributed by atoms with Gasteiger partial charge in [-0.3, -0.25) is 24.0 Å². The van der Waals surface area contributed by atoms with Crippen molar-refractivity contribution in [3.05, 3.63) is 0 Å². The van der Waals surface area contributed by atoms with E-state index in [1.807, 2.05) is 13.8 Å². The number of carbonyl (C=O) groups excluding carboxylic acids is 5. The van der Waals surface area contributed by atoms with Crippen LogP contribution >= 0.6 is 0 Å². The topological polar surface area (TPSA) is 139 Å². The van der Waals surface area contributed by atoms with Gasteiger partial charge in [-0.25, -0.2) is 0 Å². The molecule has 2 aliphatic rings. The molecule has 9 heteroatoms. The smallest absolute Gasteiger partial charge is 0.287 e. The zero-order valence-corrected chi connectivity index (χ0v) is 24.1. The quantitative estimate of drug-likeness (QED) is 0.407. The molecule has 9 nitrogen and oxygen atoms in total. The molecule has 1 saturated heterocycles. The molecule has 4 amide bonds. The molecule has 1 saturated carbocycles. The fraction of sp³-hybridized carbons (Fsp3) is 0.815. The molecule has 210 valence electrons. The van der Waals surface area contributed by atoms with E-state index in [2.05, 4.69) is 45.3 Å². The third kappa shape index (κ3) is 15.5. The van der Waals surface area contributed by atoms with Crippen molar-refractivity contribution in [3.63, 3.8) is 0 Å². The SMILES string of the molecule is CC.CC(C)C.CC(C)C(=O)NCC(=O)N1CCCC1C(=O)NC(CC1CC1)C(=O)C(N)=O.CCC. The van der Waals surface area contributed by atoms with Crippen molar-refractivity contribution in [2.24, 2.45) is 23.5 Å². The second-order valence-corrected chi connectivity index (χ2v) is 10.0. The highest BCUT2D eigenvalue weighted by molar-refractivity contribution is 6.37. The molecule has 2 rings (SSSR count). The zero-order chi connectivity index (χ0) is 28.4. The number of nitrogens with zero attached hydrogens (tertiary/aromatic N) is 1. The van der Waals surface area contributed by atoms with Gasteiger partial charge in [0.1, 0.15) is 6.04 Å². The molecule has 2 fully saturated rings. The molecular weight excluding hydrogens is 460 g/mol. The van der Waals surface area contributed by atoms with Crippen molar-refractivity contribution >= 4 is 29.4 Å². The summed E-state index contributed by atoms with van der Waals surface area (Å²) in [7, 11) is 0. The minimum absolute atomic E-state index is 0.174. The standard InChI is InChI=1S/C18H28N4O5.C4H10.C3H8.C2H6/c1-10(2)17(26)20-9-14(23)22-7-3-4-13(22)18(27)21-12(8-11-5-6-11)15(24)16(19)25;1-4(2)3;1-3-2;1-2/h10-13H,3-9H2,1-2H3,(H2,19,25)(H,20,26)(H,21,27);4H,1-3H3;3H2,1-2H3;1-2H3. The lowest BCUT2D eigenvalue weighted by Crippen LogP contribution is -2.54. The molecule has 1 aliphatic carbocycles. The highest BCUT2D eigenvalue weighted by Crippen LogP contribution is 2.33. The Kier molecular flexibility index (Phi) is 19.5. The van der Waals surface area contributed by atoms with Crippen LogP contribution in [0.4, 0.5) is 0 Å². The molecule has 0 aromatic rings. The molecule has 0 radical (unpaired) electrons. The molecule has 2 atom stereocenters. The minimum Gasteiger partial charge on any atom is -0.363 e. The number of Topliss-reactive ketones (excluding diaryl/α,β-unsaturated/α-hetero) is 1. The highest BCUT2D eigenvalue weighted by Gasteiger charge is 2.38. The number of nitrogens with one attached hydrogen (secondary N) is 2. The zero-order valence-electron chi connectivity index (χ0n) is 24.1. The van der Waals surface area contributed by atoms with E-state index in [0.717, 1.165) is 18.8 Å². The Morgan fingerprint density at radius 2 is 1.44 bits per heavy atom. The van der Waals surface area contributed by atoms with E-state index in [-0.39, 0.29) is 24.3 Å². The first-order valence-electron chi connectivity index (χ1n) is 13.6. The van der Waals surface area contributed by atoms with Gasteiger partial charge in [0, 0.05) is 12.5 Å². The Labute approximate surface area is 218 Å². The van der Waals surface area contributed by atoms with Crippen LogP contribution in [0.3, 0.4) is 0 Å². The summed E-state index contributed by atoms with van der Waals surface area (Å²) in [5, 5.41) is 5.16. The van der Waals surface area contributed by atoms with Crippen molar-refractivity contribution < 1.29 is 24.0 Å². The predicted molar refractivity (Wildman–Crippen MR) is 144 cm³/mol. The second-order valence-electron chi connectivity index (χ2n) is 10.0. The van der Waals surface area contributed by atoms with Crippen molar-refractivity contribution in [3.8, 4) is 0 Å². The summed E-state index contributed by atoms with van der Waals surface area (Å²) >= 11 is 0. The number of nitrogens with two attached hydrogens (primary N) is 1. The largest absolute Gasteiger partial charge is 0.363 e. The number of ketones is 1. The number of carbonyl (C=O) groups is 5. The lowest BCUT2D eigenvalue weighted by atomic mass is 10.0. The first-order chi connectivity index (χ1) is 16.8. The number of hydrogen-bond acceptors (Lipinski definition) is 5. The average molecular weight is 513 g/mol. The minimum atomic E-state index is -1.07. The maximum atomic E-state index is 12.6. The molecule has 1 heterocycles. The molecule has 0 aromatic heterocycles. The van der Waals surface area contributed by atoms with E-state index in [4.69, 9.17) is 5.73 Å². The Hall–Kier alpha value is -2.45. The van der Waals surface area contributed by atoms with Crippen LogP contribution in [0.2, 0.25) is 0 Å². The lowest BCUT2D eigenvalue weighted by Gasteiger charge is -2.26. The summed E-state index contributed by atoms with van der Waals surface area (Å²) < 4.78 is 0. The Bertz CT molecular complexity index is 687. The number of amides is 4. The van der Waals surface area contributed by atoms with Crippen LogP contribution in [-0.2, 0) is 24.0 Å². The summed E-state index contributed by atoms with van der Waals surface area (Å²) in [6.07, 6.45) is 4.68. The number of likely N-dealkylation sites (tertiary alicyclic amines) is 1. The maximum absolute atomic E-state index is 12.6. The van der Waals surface area contributed by atoms with Crippen molar-refractivity contribution in [1.82, 2.24) is 15.5 Å². The highest BCUT2D eigenvalue weighted by atomic mass is 16.2. The molecule has 0 bridgehead atoms. The van der Waals surface area contributed by atoms with Gasteiger partial charge in [-0.1, -0.05) is 81.6 Å². The van der Waals surface area contributed by atoms with Crippen molar-refractivity contribution in [2.45, 2.75) is 113 Å². The molecule has 2 unspecified atom stereocenters. The van der Waals surface area contributed by atoms with Gasteiger partial charge in [-0.15, -0.1) is 0 Å². The number of primary amides is 1. The molecule has 4 N–H and O–H groups in total. The number of rotatable bonds is 9. The summed E-state index contributed by atoms with van der Waals surface area (Å²) in [4.78, 5) is 61.3. The van der Waals surface area contributed by atoms with Crippen LogP contribution in [-0.4, -0.2) is 59.5 Å². The van der Waals surface area contributed by atoms with Gasteiger partial charge < -0.3 is 21.3 Å². The monoisotopic (exact) mass is 512 g/mol. The third-order valence-electron chi connectivity index (χ3n) is 4.96. The predicted octanol–water partition coefficient (Wildman–Crippen LogP) is 3.19. The van der Waals surface area contributed by atoms with Crippen molar-refractivity contribution in [1.29, 1.82) is 0 Å². The molecule has 0 aromatic carbocycles. The Morgan fingerprint density at radius 1 is 0.944 bits per heavy atom. The second kappa shape index (κ2) is 19.7. The van der Waals surface area contributed by atoms with Gasteiger partial charge in [-0.2, -0.15) is 0 Å². The van der Waals surface area contributed by atoms with E-state index in [1.165, 1.54) is 11.3 Å². The lowest BCUT2D eigenvalue weighted by molar-refractivity contribution is -0.141. The first kappa shape index (κ1) is 35.7. The summed E-state index contributed by atoms with van der Waals surface area (Å²) in [5.74, 6) is -2.02. The van der Waals surface area contributed by atoms with Gasteiger partial charge in [-0.05, 0) is 31.1 Å². The van der Waals surface area contributed by atoms with Crippen LogP contribution in [0.15, 0.2) is 0 Å². The number of hydrogen-bond donors (Lipinski definition) is 3. The normalized spacial score (nSPS) is 16.9. The van der Waals surface area contributed by atoms with E-state index in [9.17, 15) is 24.0 Å². The molecule has 36 heavy (non-hydrogen) atoms. The van der Waals surface area contributed by atoms with E-state index in [0.29, 0.717) is 31.7 Å². The Balaban J connectivity index is 0. The first-order valence-corrected chi connectivity index (χ1v) is 13.6. The summed E-state index contributed by atoms with van der Waals surface area (Å²) in [5.41, 5.74) is 5.09. The molecule has 1 aliphatic heterocycles. The summed E-state index contributed by atoms with van der Waals surface area (Å²) in [6, 6.07) is -1.66. The van der Waals surface area contributed by atoms with Crippen molar-refractivity contribution in [2.75, 3.05) is 13.1 Å². The Morgan fingerprint density at radius 3 is 1.86 bits per heavy atom. The summed E-state index contributed by atoms with van der Waals surface area (Å²) in [6.45, 7) is 18.4. The molecular formula is C27H52N4O5. The van der Waals surface area contributed by atoms with Crippen LogP contribution in [0, 0.1) is 17.8 Å².